The van der Waals surface area contributed by atoms with Gasteiger partial charge in [0.25, 0.3) is 0 Å². The smallest absolute Gasteiger partial charge is 0.315 e. The number of urea groups is 1. The summed E-state index contributed by atoms with van der Waals surface area (Å²) in [4.78, 5) is 14.1. The Hall–Kier alpha value is -3.27. The van der Waals surface area contributed by atoms with E-state index >= 15 is 0 Å². The van der Waals surface area contributed by atoms with Crippen molar-refractivity contribution in [3.63, 3.8) is 0 Å². The van der Waals surface area contributed by atoms with Crippen molar-refractivity contribution in [2.24, 2.45) is 0 Å². The van der Waals surface area contributed by atoms with Crippen LogP contribution < -0.4 is 10.6 Å². The zero-order valence-electron chi connectivity index (χ0n) is 23.0. The molecule has 0 aromatic heterocycles. The van der Waals surface area contributed by atoms with Crippen molar-refractivity contribution < 1.29 is 24.5 Å². The Bertz CT molecular complexity index is 1270. The number of amides is 2. The molecule has 2 heterocycles. The van der Waals surface area contributed by atoms with Gasteiger partial charge in [0.15, 0.2) is 6.29 Å². The molecule has 2 amide bonds. The van der Waals surface area contributed by atoms with Crippen LogP contribution in [0.3, 0.4) is 0 Å². The first-order valence-corrected chi connectivity index (χ1v) is 14.1. The number of ether oxygens (including phenoxy) is 2. The second-order valence-corrected chi connectivity index (χ2v) is 10.6. The molecule has 2 fully saturated rings. The average Bonchev–Trinajstić information content (AvgIpc) is 3.40. The summed E-state index contributed by atoms with van der Waals surface area (Å²) in [6, 6.07) is 24.1. The number of aliphatic hydroxyl groups is 2. The van der Waals surface area contributed by atoms with Gasteiger partial charge in [-0.2, -0.15) is 0 Å². The number of aliphatic hydroxyl groups excluding tert-OH is 2. The van der Waals surface area contributed by atoms with E-state index in [9.17, 15) is 15.0 Å². The minimum absolute atomic E-state index is 0.00738. The molecule has 0 aliphatic carbocycles. The number of nitrogens with one attached hydrogen (secondary N) is 2. The zero-order chi connectivity index (χ0) is 27.9. The van der Waals surface area contributed by atoms with E-state index in [2.05, 4.69) is 39.8 Å². The lowest BCUT2D eigenvalue weighted by Crippen LogP contribution is -2.38. The summed E-state index contributed by atoms with van der Waals surface area (Å²) in [5, 5.41) is 25.1. The predicted octanol–water partition coefficient (Wildman–Crippen LogP) is 4.28. The summed E-state index contributed by atoms with van der Waals surface area (Å²) in [5.41, 5.74) is 5.96. The van der Waals surface area contributed by atoms with Gasteiger partial charge in [0.2, 0.25) is 0 Å². The molecule has 0 saturated carbocycles. The Labute approximate surface area is 235 Å². The fourth-order valence-electron chi connectivity index (χ4n) is 5.43. The van der Waals surface area contributed by atoms with Gasteiger partial charge in [-0.05, 0) is 53.3 Å². The van der Waals surface area contributed by atoms with Crippen molar-refractivity contribution in [1.82, 2.24) is 15.5 Å². The number of carbonyl (C=O) groups excluding carboxylic acids is 1. The molecule has 0 unspecified atom stereocenters. The fourth-order valence-corrected chi connectivity index (χ4v) is 5.43. The molecule has 4 atom stereocenters. The maximum atomic E-state index is 11.8. The number of hydrogen-bond donors (Lipinski definition) is 4. The van der Waals surface area contributed by atoms with Crippen molar-refractivity contribution in [1.29, 1.82) is 0 Å². The van der Waals surface area contributed by atoms with E-state index in [4.69, 9.17) is 9.47 Å². The maximum Gasteiger partial charge on any atom is 0.315 e. The van der Waals surface area contributed by atoms with Crippen LogP contribution in [0.5, 0.6) is 0 Å². The van der Waals surface area contributed by atoms with E-state index in [-0.39, 0.29) is 30.9 Å². The second kappa shape index (κ2) is 13.4. The zero-order valence-corrected chi connectivity index (χ0v) is 23.0. The van der Waals surface area contributed by atoms with Crippen molar-refractivity contribution >= 4 is 6.03 Å². The Balaban J connectivity index is 1.35. The highest BCUT2D eigenvalue weighted by atomic mass is 16.7. The van der Waals surface area contributed by atoms with Crippen molar-refractivity contribution in [3.8, 4) is 11.1 Å². The molecule has 2 aliphatic heterocycles. The van der Waals surface area contributed by atoms with Crippen LogP contribution in [0.2, 0.25) is 0 Å². The summed E-state index contributed by atoms with van der Waals surface area (Å²) < 4.78 is 13.1. The summed E-state index contributed by atoms with van der Waals surface area (Å²) in [6.45, 7) is 5.19. The van der Waals surface area contributed by atoms with Gasteiger partial charge in [-0.25, -0.2) is 4.79 Å². The molecule has 3 aromatic carbocycles. The van der Waals surface area contributed by atoms with Crippen LogP contribution >= 0.6 is 0 Å². The molecule has 8 heteroatoms. The van der Waals surface area contributed by atoms with Crippen LogP contribution in [0.4, 0.5) is 4.79 Å². The van der Waals surface area contributed by atoms with Crippen molar-refractivity contribution in [2.75, 3.05) is 26.2 Å². The van der Waals surface area contributed by atoms with Crippen molar-refractivity contribution in [2.45, 2.75) is 57.5 Å². The van der Waals surface area contributed by atoms with Gasteiger partial charge in [-0.3, -0.25) is 4.90 Å². The molecule has 8 nitrogen and oxygen atoms in total. The lowest BCUT2D eigenvalue weighted by Gasteiger charge is -2.38. The van der Waals surface area contributed by atoms with Crippen molar-refractivity contribution in [3.05, 3.63) is 95.1 Å². The highest BCUT2D eigenvalue weighted by Gasteiger charge is 2.34. The maximum absolute atomic E-state index is 11.8. The van der Waals surface area contributed by atoms with E-state index in [1.807, 2.05) is 55.5 Å². The normalized spacial score (nSPS) is 23.2. The summed E-state index contributed by atoms with van der Waals surface area (Å²) in [6.07, 6.45) is 0.466. The Morgan fingerprint density at radius 3 is 2.45 bits per heavy atom. The SMILES string of the molecule is CCNC(=O)NCc1cccc(-c2cccc([C@@H]3O[C@H](CN4CC[C@H](O)C4)C[C@H](c4ccc(CO)cc4)O3)c2)c1. The van der Waals surface area contributed by atoms with Crippen LogP contribution in [-0.2, 0) is 22.6 Å². The largest absolute Gasteiger partial charge is 0.392 e. The molecule has 0 bridgehead atoms. The minimum atomic E-state index is -0.545. The topological polar surface area (TPSA) is 103 Å². The molecule has 40 heavy (non-hydrogen) atoms. The Morgan fingerprint density at radius 1 is 0.950 bits per heavy atom. The first kappa shape index (κ1) is 28.3. The molecular weight excluding hydrogens is 506 g/mol. The molecule has 3 aromatic rings. The number of nitrogens with zero attached hydrogens (tertiary/aromatic N) is 1. The number of carbonyl (C=O) groups is 1. The van der Waals surface area contributed by atoms with Gasteiger partial charge in [0, 0.05) is 44.7 Å². The average molecular weight is 546 g/mol. The number of β-amino-alcohol motifs (C(OH)–C–C–N with tert-alkyl or cyclic N) is 1. The first-order valence-electron chi connectivity index (χ1n) is 14.1. The third-order valence-corrected chi connectivity index (χ3v) is 7.53. The highest BCUT2D eigenvalue weighted by Crippen LogP contribution is 2.39. The van der Waals surface area contributed by atoms with E-state index in [0.29, 0.717) is 26.1 Å². The van der Waals surface area contributed by atoms with Gasteiger partial charge in [0.05, 0.1) is 24.9 Å². The molecule has 212 valence electrons. The monoisotopic (exact) mass is 545 g/mol. The van der Waals surface area contributed by atoms with E-state index in [0.717, 1.165) is 52.9 Å². The fraction of sp³-hybridized carbons (Fsp3) is 0.406. The van der Waals surface area contributed by atoms with Crippen LogP contribution in [0, 0.1) is 0 Å². The molecule has 0 spiro atoms. The summed E-state index contributed by atoms with van der Waals surface area (Å²) >= 11 is 0. The van der Waals surface area contributed by atoms with Crippen LogP contribution in [-0.4, -0.2) is 59.5 Å². The molecule has 2 saturated heterocycles. The molecule has 0 radical (unpaired) electrons. The number of rotatable bonds is 9. The number of likely N-dealkylation sites (tertiary alicyclic amines) is 1. The summed E-state index contributed by atoms with van der Waals surface area (Å²) in [7, 11) is 0. The lowest BCUT2D eigenvalue weighted by atomic mass is 9.98. The Morgan fingerprint density at radius 2 is 1.73 bits per heavy atom. The van der Waals surface area contributed by atoms with Gasteiger partial charge >= 0.3 is 6.03 Å². The second-order valence-electron chi connectivity index (χ2n) is 10.6. The Kier molecular flexibility index (Phi) is 9.46. The van der Waals surface area contributed by atoms with Gasteiger partial charge in [0.1, 0.15) is 0 Å². The van der Waals surface area contributed by atoms with Gasteiger partial charge < -0.3 is 30.3 Å². The number of benzene rings is 3. The standard InChI is InChI=1S/C32H39N3O5/c1-2-33-32(38)34-18-23-5-3-6-25(15-23)26-7-4-8-27(16-26)31-39-29(20-35-14-13-28(37)19-35)17-30(40-31)24-11-9-22(21-36)10-12-24/h3-12,15-16,28-31,36-37H,2,13-14,17-21H2,1H3,(H2,33,34,38)/t28-,29-,30+,31+/m0/s1. The molecule has 2 aliphatic rings. The van der Waals surface area contributed by atoms with Crippen LogP contribution in [0.25, 0.3) is 11.1 Å². The van der Waals surface area contributed by atoms with E-state index in [1.54, 1.807) is 0 Å². The van der Waals surface area contributed by atoms with E-state index in [1.165, 1.54) is 0 Å². The van der Waals surface area contributed by atoms with Gasteiger partial charge in [-0.1, -0.05) is 60.7 Å². The van der Waals surface area contributed by atoms with Gasteiger partial charge in [-0.15, -0.1) is 0 Å². The molecular formula is C32H39N3O5. The molecule has 5 rings (SSSR count). The quantitative estimate of drug-likeness (QED) is 0.320. The molecule has 4 N–H and O–H groups in total. The predicted molar refractivity (Wildman–Crippen MR) is 153 cm³/mol. The van der Waals surface area contributed by atoms with E-state index < -0.39 is 6.29 Å². The lowest BCUT2D eigenvalue weighted by molar-refractivity contribution is -0.252. The first-order chi connectivity index (χ1) is 19.5. The van der Waals surface area contributed by atoms with Crippen LogP contribution in [0.1, 0.15) is 54.4 Å². The van der Waals surface area contributed by atoms with Crippen LogP contribution in [0.15, 0.2) is 72.8 Å². The highest BCUT2D eigenvalue weighted by molar-refractivity contribution is 5.74. The summed E-state index contributed by atoms with van der Waals surface area (Å²) in [5.74, 6) is 0. The third-order valence-electron chi connectivity index (χ3n) is 7.53. The number of hydrogen-bond acceptors (Lipinski definition) is 6. The third kappa shape index (κ3) is 7.27. The minimum Gasteiger partial charge on any atom is -0.392 e.